The Kier molecular flexibility index (Phi) is 8.32. The lowest BCUT2D eigenvalue weighted by Crippen LogP contribution is -2.24. The van der Waals surface area contributed by atoms with Crippen LogP contribution in [0.4, 0.5) is 0 Å². The van der Waals surface area contributed by atoms with Gasteiger partial charge in [0.15, 0.2) is 11.5 Å². The minimum atomic E-state index is -0.0631. The second-order valence-corrected chi connectivity index (χ2v) is 4.97. The molecule has 21 heavy (non-hydrogen) atoms. The van der Waals surface area contributed by atoms with Crippen LogP contribution < -0.4 is 14.8 Å². The number of benzene rings is 1. The summed E-state index contributed by atoms with van der Waals surface area (Å²) in [6.45, 7) is 8.17. The zero-order valence-electron chi connectivity index (χ0n) is 13.4. The minimum Gasteiger partial charge on any atom is -0.490 e. The summed E-state index contributed by atoms with van der Waals surface area (Å²) in [5.74, 6) is 1.29. The van der Waals surface area contributed by atoms with Crippen LogP contribution in [0.5, 0.6) is 11.5 Å². The van der Waals surface area contributed by atoms with Crippen molar-refractivity contribution in [2.24, 2.45) is 0 Å². The van der Waals surface area contributed by atoms with E-state index >= 15 is 0 Å². The first kappa shape index (κ1) is 17.3. The van der Waals surface area contributed by atoms with Gasteiger partial charge in [0.1, 0.15) is 0 Å². The highest BCUT2D eigenvalue weighted by atomic mass is 16.5. The van der Waals surface area contributed by atoms with Crippen molar-refractivity contribution in [2.75, 3.05) is 19.8 Å². The van der Waals surface area contributed by atoms with Crippen molar-refractivity contribution in [1.82, 2.24) is 5.32 Å². The minimum absolute atomic E-state index is 0.0631. The number of hydrogen-bond donors (Lipinski definition) is 1. The second-order valence-electron chi connectivity index (χ2n) is 4.97. The Morgan fingerprint density at radius 2 is 1.67 bits per heavy atom. The summed E-state index contributed by atoms with van der Waals surface area (Å²) in [5, 5.41) is 2.91. The first-order valence-electron chi connectivity index (χ1n) is 7.90. The van der Waals surface area contributed by atoms with Gasteiger partial charge in [-0.05, 0) is 37.5 Å². The Morgan fingerprint density at radius 3 is 2.29 bits per heavy atom. The van der Waals surface area contributed by atoms with E-state index in [0.717, 1.165) is 25.7 Å². The highest BCUT2D eigenvalue weighted by Crippen LogP contribution is 2.28. The van der Waals surface area contributed by atoms with E-state index in [4.69, 9.17) is 9.47 Å². The maximum atomic E-state index is 12.1. The summed E-state index contributed by atoms with van der Waals surface area (Å²) < 4.78 is 11.4. The largest absolute Gasteiger partial charge is 0.490 e. The van der Waals surface area contributed by atoms with E-state index < -0.39 is 0 Å². The number of hydrogen-bond acceptors (Lipinski definition) is 3. The van der Waals surface area contributed by atoms with Crippen molar-refractivity contribution in [3.63, 3.8) is 0 Å². The van der Waals surface area contributed by atoms with Crippen LogP contribution in [0.2, 0.25) is 0 Å². The van der Waals surface area contributed by atoms with E-state index in [9.17, 15) is 4.79 Å². The predicted octanol–water partition coefficient (Wildman–Crippen LogP) is 3.79. The number of unbranched alkanes of at least 4 members (excludes halogenated alkanes) is 1. The van der Waals surface area contributed by atoms with Gasteiger partial charge < -0.3 is 14.8 Å². The van der Waals surface area contributed by atoms with Crippen LogP contribution in [-0.4, -0.2) is 25.7 Å². The summed E-state index contributed by atoms with van der Waals surface area (Å²) in [6, 6.07) is 5.36. The maximum Gasteiger partial charge on any atom is 0.251 e. The van der Waals surface area contributed by atoms with Crippen LogP contribution in [0.3, 0.4) is 0 Å². The highest BCUT2D eigenvalue weighted by Gasteiger charge is 2.11. The number of amides is 1. The fraction of sp³-hybridized carbons (Fsp3) is 0.588. The first-order chi connectivity index (χ1) is 10.2. The number of rotatable bonds is 10. The molecule has 0 saturated carbocycles. The fourth-order valence-electron chi connectivity index (χ4n) is 1.79. The van der Waals surface area contributed by atoms with Crippen molar-refractivity contribution in [3.05, 3.63) is 23.8 Å². The molecule has 0 atom stereocenters. The van der Waals surface area contributed by atoms with Crippen molar-refractivity contribution in [1.29, 1.82) is 0 Å². The molecular formula is C17H27NO3. The molecule has 1 aromatic rings. The van der Waals surface area contributed by atoms with Gasteiger partial charge in [0.05, 0.1) is 13.2 Å². The zero-order valence-corrected chi connectivity index (χ0v) is 13.4. The molecule has 0 aromatic heterocycles. The molecule has 0 bridgehead atoms. The third-order valence-electron chi connectivity index (χ3n) is 2.95. The molecule has 1 N–H and O–H groups in total. The Bertz CT molecular complexity index is 432. The highest BCUT2D eigenvalue weighted by molar-refractivity contribution is 5.94. The molecule has 0 radical (unpaired) electrons. The lowest BCUT2D eigenvalue weighted by molar-refractivity contribution is 0.0952. The average molecular weight is 293 g/mol. The van der Waals surface area contributed by atoms with Crippen molar-refractivity contribution in [2.45, 2.75) is 46.5 Å². The van der Waals surface area contributed by atoms with Gasteiger partial charge >= 0.3 is 0 Å². The van der Waals surface area contributed by atoms with Gasteiger partial charge in [-0.15, -0.1) is 0 Å². The maximum absolute atomic E-state index is 12.1. The molecule has 0 fully saturated rings. The van der Waals surface area contributed by atoms with Crippen LogP contribution in [-0.2, 0) is 0 Å². The summed E-state index contributed by atoms with van der Waals surface area (Å²) in [6.07, 6.45) is 3.91. The van der Waals surface area contributed by atoms with E-state index in [1.807, 2.05) is 13.0 Å². The average Bonchev–Trinajstić information content (AvgIpc) is 2.51. The molecule has 1 amide bonds. The molecule has 0 aliphatic rings. The molecule has 1 aromatic carbocycles. The lowest BCUT2D eigenvalue weighted by Gasteiger charge is -2.13. The van der Waals surface area contributed by atoms with E-state index in [2.05, 4.69) is 19.2 Å². The van der Waals surface area contributed by atoms with Gasteiger partial charge in [-0.2, -0.15) is 0 Å². The van der Waals surface area contributed by atoms with E-state index in [0.29, 0.717) is 36.8 Å². The van der Waals surface area contributed by atoms with Gasteiger partial charge in [0.25, 0.3) is 5.91 Å². The van der Waals surface area contributed by atoms with E-state index in [1.165, 1.54) is 0 Å². The molecule has 4 heteroatoms. The third kappa shape index (κ3) is 6.06. The fourth-order valence-corrected chi connectivity index (χ4v) is 1.79. The number of carbonyl (C=O) groups is 1. The van der Waals surface area contributed by atoms with Crippen molar-refractivity contribution in [3.8, 4) is 11.5 Å². The summed E-state index contributed by atoms with van der Waals surface area (Å²) in [7, 11) is 0. The quantitative estimate of drug-likeness (QED) is 0.668. The molecule has 0 saturated heterocycles. The number of carbonyl (C=O) groups excluding carboxylic acids is 1. The van der Waals surface area contributed by atoms with E-state index in [1.54, 1.807) is 12.1 Å². The van der Waals surface area contributed by atoms with Gasteiger partial charge in [-0.3, -0.25) is 4.79 Å². The van der Waals surface area contributed by atoms with Crippen LogP contribution >= 0.6 is 0 Å². The van der Waals surface area contributed by atoms with Crippen LogP contribution in [0.1, 0.15) is 56.8 Å². The smallest absolute Gasteiger partial charge is 0.251 e. The molecule has 0 aliphatic carbocycles. The van der Waals surface area contributed by atoms with Crippen molar-refractivity contribution < 1.29 is 14.3 Å². The van der Waals surface area contributed by atoms with Crippen molar-refractivity contribution >= 4 is 5.91 Å². The van der Waals surface area contributed by atoms with Crippen LogP contribution in [0, 0.1) is 0 Å². The zero-order chi connectivity index (χ0) is 15.5. The Morgan fingerprint density at radius 1 is 1.00 bits per heavy atom. The topological polar surface area (TPSA) is 47.6 Å². The lowest BCUT2D eigenvalue weighted by atomic mass is 10.2. The summed E-state index contributed by atoms with van der Waals surface area (Å²) in [5.41, 5.74) is 0.612. The first-order valence-corrected chi connectivity index (χ1v) is 7.90. The number of nitrogens with one attached hydrogen (secondary N) is 1. The molecule has 0 aliphatic heterocycles. The Balaban J connectivity index is 2.78. The molecule has 0 unspecified atom stereocenters. The predicted molar refractivity (Wildman–Crippen MR) is 85.3 cm³/mol. The third-order valence-corrected chi connectivity index (χ3v) is 2.95. The second kappa shape index (κ2) is 10.1. The monoisotopic (exact) mass is 293 g/mol. The Labute approximate surface area is 127 Å². The van der Waals surface area contributed by atoms with E-state index in [-0.39, 0.29) is 5.91 Å². The standard InChI is InChI=1S/C17H27NO3/c1-4-7-10-18-17(19)14-8-9-15(20-11-5-2)16(13-14)21-12-6-3/h8-9,13H,4-7,10-12H2,1-3H3,(H,18,19). The summed E-state index contributed by atoms with van der Waals surface area (Å²) >= 11 is 0. The van der Waals surface area contributed by atoms with Gasteiger partial charge in [-0.1, -0.05) is 27.2 Å². The molecule has 1 rings (SSSR count). The normalized spacial score (nSPS) is 10.2. The Hall–Kier alpha value is -1.71. The SMILES string of the molecule is CCCCNC(=O)c1ccc(OCCC)c(OCCC)c1. The molecule has 0 spiro atoms. The molecule has 118 valence electrons. The van der Waals surface area contributed by atoms with Crippen LogP contribution in [0.15, 0.2) is 18.2 Å². The van der Waals surface area contributed by atoms with Gasteiger partial charge in [0.2, 0.25) is 0 Å². The molecule has 4 nitrogen and oxygen atoms in total. The number of ether oxygens (including phenoxy) is 2. The van der Waals surface area contributed by atoms with Gasteiger partial charge in [-0.25, -0.2) is 0 Å². The molecular weight excluding hydrogens is 266 g/mol. The van der Waals surface area contributed by atoms with Gasteiger partial charge in [0, 0.05) is 12.1 Å². The molecule has 0 heterocycles. The summed E-state index contributed by atoms with van der Waals surface area (Å²) in [4.78, 5) is 12.1. The van der Waals surface area contributed by atoms with Crippen LogP contribution in [0.25, 0.3) is 0 Å².